The van der Waals surface area contributed by atoms with Crippen molar-refractivity contribution < 1.29 is 0 Å². The Morgan fingerprint density at radius 2 is 1.43 bits per heavy atom. The van der Waals surface area contributed by atoms with Gasteiger partial charge in [0.05, 0.1) is 22.1 Å². The molecule has 0 saturated heterocycles. The van der Waals surface area contributed by atoms with Crippen LogP contribution in [0, 0.1) is 0 Å². The highest BCUT2D eigenvalue weighted by molar-refractivity contribution is 5.87. The minimum atomic E-state index is 0.977. The molecule has 0 atom stereocenters. The lowest BCUT2D eigenvalue weighted by molar-refractivity contribution is 0.633. The van der Waals surface area contributed by atoms with E-state index in [-0.39, 0.29) is 0 Å². The van der Waals surface area contributed by atoms with E-state index in [1.165, 1.54) is 37.7 Å². The Labute approximate surface area is 126 Å². The molecule has 0 aliphatic rings. The maximum Gasteiger partial charge on any atom is 0.0926 e. The molecular formula is C19H22N2. The topological polar surface area (TPSA) is 25.8 Å². The van der Waals surface area contributed by atoms with E-state index >= 15 is 0 Å². The Hall–Kier alpha value is -1.96. The van der Waals surface area contributed by atoms with Crippen molar-refractivity contribution in [2.75, 3.05) is 0 Å². The van der Waals surface area contributed by atoms with Crippen molar-refractivity contribution in [3.05, 3.63) is 48.0 Å². The van der Waals surface area contributed by atoms with Crippen LogP contribution in [-0.2, 0) is 6.42 Å². The van der Waals surface area contributed by atoms with Gasteiger partial charge >= 0.3 is 0 Å². The Balaban J connectivity index is 1.86. The van der Waals surface area contributed by atoms with Gasteiger partial charge in [-0.3, -0.25) is 0 Å². The summed E-state index contributed by atoms with van der Waals surface area (Å²) in [5.74, 6) is 0. The van der Waals surface area contributed by atoms with Crippen LogP contribution in [0.1, 0.15) is 44.6 Å². The summed E-state index contributed by atoms with van der Waals surface area (Å²) in [6.07, 6.45) is 7.65. The Morgan fingerprint density at radius 1 is 0.714 bits per heavy atom. The average Bonchev–Trinajstić information content (AvgIpc) is 2.53. The number of rotatable bonds is 6. The lowest BCUT2D eigenvalue weighted by Gasteiger charge is -2.07. The summed E-state index contributed by atoms with van der Waals surface area (Å²) < 4.78 is 0. The molecule has 0 spiro atoms. The highest BCUT2D eigenvalue weighted by atomic mass is 14.8. The van der Waals surface area contributed by atoms with Crippen molar-refractivity contribution in [2.45, 2.75) is 45.4 Å². The average molecular weight is 278 g/mol. The zero-order chi connectivity index (χ0) is 14.5. The van der Waals surface area contributed by atoms with Gasteiger partial charge in [-0.25, -0.2) is 9.97 Å². The molecule has 2 nitrogen and oxygen atoms in total. The Kier molecular flexibility index (Phi) is 4.44. The van der Waals surface area contributed by atoms with Crippen molar-refractivity contribution in [1.29, 1.82) is 0 Å². The van der Waals surface area contributed by atoms with Gasteiger partial charge in [0, 0.05) is 0 Å². The molecule has 0 bridgehead atoms. The minimum absolute atomic E-state index is 0.977. The number of aromatic nitrogens is 2. The molecule has 0 aliphatic carbocycles. The largest absolute Gasteiger partial charge is 0.244 e. The highest BCUT2D eigenvalue weighted by Crippen LogP contribution is 2.21. The monoisotopic (exact) mass is 278 g/mol. The fraction of sp³-hybridized carbons (Fsp3) is 0.368. The summed E-state index contributed by atoms with van der Waals surface area (Å²) in [4.78, 5) is 9.56. The van der Waals surface area contributed by atoms with E-state index in [2.05, 4.69) is 25.1 Å². The van der Waals surface area contributed by atoms with Gasteiger partial charge in [-0.15, -0.1) is 0 Å². The van der Waals surface area contributed by atoms with E-state index in [9.17, 15) is 0 Å². The molecule has 1 aromatic heterocycles. The maximum absolute atomic E-state index is 4.83. The lowest BCUT2D eigenvalue weighted by Crippen LogP contribution is -1.93. The van der Waals surface area contributed by atoms with Crippen LogP contribution in [-0.4, -0.2) is 9.97 Å². The van der Waals surface area contributed by atoms with Crippen LogP contribution in [0.2, 0.25) is 0 Å². The van der Waals surface area contributed by atoms with Crippen LogP contribution < -0.4 is 0 Å². The summed E-state index contributed by atoms with van der Waals surface area (Å²) in [6.45, 7) is 2.26. The molecule has 3 aromatic rings. The lowest BCUT2D eigenvalue weighted by atomic mass is 10.0. The van der Waals surface area contributed by atoms with Gasteiger partial charge in [0.1, 0.15) is 0 Å². The number of aryl methyl sites for hydroxylation is 1. The van der Waals surface area contributed by atoms with Crippen LogP contribution >= 0.6 is 0 Å². The standard InChI is InChI=1S/C19H22N2/c1-2-3-4-5-6-10-15-11-9-14-18-19(15)21-17-13-8-7-12-16(17)20-18/h7-9,11-14H,2-6,10H2,1H3. The number of nitrogens with zero attached hydrogens (tertiary/aromatic N) is 2. The van der Waals surface area contributed by atoms with Crippen molar-refractivity contribution in [1.82, 2.24) is 9.97 Å². The third-order valence-electron chi connectivity index (χ3n) is 4.00. The molecular weight excluding hydrogens is 256 g/mol. The number of hydrogen-bond acceptors (Lipinski definition) is 2. The molecule has 3 rings (SSSR count). The molecule has 0 N–H and O–H groups in total. The van der Waals surface area contributed by atoms with E-state index in [1.54, 1.807) is 0 Å². The summed E-state index contributed by atoms with van der Waals surface area (Å²) in [6, 6.07) is 14.5. The first-order chi connectivity index (χ1) is 10.4. The van der Waals surface area contributed by atoms with Crippen LogP contribution in [0.4, 0.5) is 0 Å². The predicted molar refractivity (Wildman–Crippen MR) is 89.5 cm³/mol. The van der Waals surface area contributed by atoms with Gasteiger partial charge in [-0.1, -0.05) is 56.9 Å². The second kappa shape index (κ2) is 6.66. The summed E-state index contributed by atoms with van der Waals surface area (Å²) >= 11 is 0. The number of fused-ring (bicyclic) bond motifs is 2. The van der Waals surface area contributed by atoms with Gasteiger partial charge in [0.15, 0.2) is 0 Å². The van der Waals surface area contributed by atoms with Gasteiger partial charge in [-0.05, 0) is 36.6 Å². The molecule has 0 amide bonds. The van der Waals surface area contributed by atoms with Crippen LogP contribution in [0.5, 0.6) is 0 Å². The zero-order valence-electron chi connectivity index (χ0n) is 12.7. The first-order valence-corrected chi connectivity index (χ1v) is 8.03. The molecule has 2 aromatic carbocycles. The normalized spacial score (nSPS) is 11.3. The molecule has 1 heterocycles. The van der Waals surface area contributed by atoms with Gasteiger partial charge in [-0.2, -0.15) is 0 Å². The molecule has 108 valence electrons. The van der Waals surface area contributed by atoms with Gasteiger partial charge in [0.2, 0.25) is 0 Å². The quantitative estimate of drug-likeness (QED) is 0.452. The second-order valence-corrected chi connectivity index (χ2v) is 5.66. The van der Waals surface area contributed by atoms with Crippen LogP contribution in [0.25, 0.3) is 22.1 Å². The van der Waals surface area contributed by atoms with Crippen molar-refractivity contribution in [3.8, 4) is 0 Å². The summed E-state index contributed by atoms with van der Waals surface area (Å²) in [5, 5.41) is 0. The smallest absolute Gasteiger partial charge is 0.0926 e. The van der Waals surface area contributed by atoms with Gasteiger partial charge < -0.3 is 0 Å². The number of para-hydroxylation sites is 3. The van der Waals surface area contributed by atoms with E-state index in [0.29, 0.717) is 0 Å². The maximum atomic E-state index is 4.83. The highest BCUT2D eigenvalue weighted by Gasteiger charge is 2.05. The zero-order valence-corrected chi connectivity index (χ0v) is 12.7. The fourth-order valence-electron chi connectivity index (χ4n) is 2.82. The van der Waals surface area contributed by atoms with Crippen LogP contribution in [0.15, 0.2) is 42.5 Å². The number of benzene rings is 2. The number of unbranched alkanes of at least 4 members (excludes halogenated alkanes) is 4. The first-order valence-electron chi connectivity index (χ1n) is 8.03. The number of hydrogen-bond donors (Lipinski definition) is 0. The van der Waals surface area contributed by atoms with Gasteiger partial charge in [0.25, 0.3) is 0 Å². The van der Waals surface area contributed by atoms with Crippen LogP contribution in [0.3, 0.4) is 0 Å². The fourth-order valence-corrected chi connectivity index (χ4v) is 2.82. The predicted octanol–water partition coefficient (Wildman–Crippen LogP) is 5.30. The minimum Gasteiger partial charge on any atom is -0.244 e. The molecule has 0 radical (unpaired) electrons. The van der Waals surface area contributed by atoms with E-state index < -0.39 is 0 Å². The van der Waals surface area contributed by atoms with Crippen molar-refractivity contribution in [2.24, 2.45) is 0 Å². The molecule has 0 fully saturated rings. The van der Waals surface area contributed by atoms with E-state index in [4.69, 9.17) is 9.97 Å². The Morgan fingerprint density at radius 3 is 2.24 bits per heavy atom. The summed E-state index contributed by atoms with van der Waals surface area (Å²) in [7, 11) is 0. The third-order valence-corrected chi connectivity index (χ3v) is 4.00. The first kappa shape index (κ1) is 14.0. The van der Waals surface area contributed by atoms with Crippen molar-refractivity contribution >= 4 is 22.1 Å². The van der Waals surface area contributed by atoms with Crippen molar-refractivity contribution in [3.63, 3.8) is 0 Å². The Bertz CT molecular complexity index is 734. The third kappa shape index (κ3) is 3.21. The molecule has 21 heavy (non-hydrogen) atoms. The SMILES string of the molecule is CCCCCCCc1cccc2nc3ccccc3nc12. The van der Waals surface area contributed by atoms with E-state index in [0.717, 1.165) is 28.5 Å². The molecule has 0 unspecified atom stereocenters. The molecule has 0 saturated carbocycles. The molecule has 0 aliphatic heterocycles. The molecule has 2 heteroatoms. The summed E-state index contributed by atoms with van der Waals surface area (Å²) in [5.41, 5.74) is 5.39. The van der Waals surface area contributed by atoms with E-state index in [1.807, 2.05) is 24.3 Å². The second-order valence-electron chi connectivity index (χ2n) is 5.66.